The lowest BCUT2D eigenvalue weighted by Crippen LogP contribution is -2.36. The van der Waals surface area contributed by atoms with Crippen LogP contribution in [0, 0.1) is 0 Å². The van der Waals surface area contributed by atoms with Gasteiger partial charge in [-0.3, -0.25) is 4.79 Å². The lowest BCUT2D eigenvalue weighted by atomic mass is 10.1. The summed E-state index contributed by atoms with van der Waals surface area (Å²) >= 11 is 0. The van der Waals surface area contributed by atoms with Gasteiger partial charge in [-0.05, 0) is 18.1 Å². The standard InChI is InChI=1S/C19H21NO4S/c21-19(20-16-11-13-25(22,23)14-16)10-12-24-18-9-5-4-8-17(18)15-6-2-1-3-7-15/h1-9,16H,10-14H2,(H,20,21). The predicted molar refractivity (Wildman–Crippen MR) is 97.2 cm³/mol. The number of benzene rings is 2. The van der Waals surface area contributed by atoms with Crippen LogP contribution < -0.4 is 10.1 Å². The first-order valence-corrected chi connectivity index (χ1v) is 10.1. The van der Waals surface area contributed by atoms with Gasteiger partial charge in [0.05, 0.1) is 24.5 Å². The molecule has 1 N–H and O–H groups in total. The summed E-state index contributed by atoms with van der Waals surface area (Å²) in [6, 6.07) is 17.3. The van der Waals surface area contributed by atoms with Crippen LogP contribution in [0.1, 0.15) is 12.8 Å². The number of rotatable bonds is 6. The first kappa shape index (κ1) is 17.5. The Labute approximate surface area is 147 Å². The maximum Gasteiger partial charge on any atom is 0.223 e. The Morgan fingerprint density at radius 2 is 1.80 bits per heavy atom. The van der Waals surface area contributed by atoms with Gasteiger partial charge in [0.1, 0.15) is 5.75 Å². The number of para-hydroxylation sites is 1. The molecule has 1 amide bonds. The van der Waals surface area contributed by atoms with E-state index in [2.05, 4.69) is 5.32 Å². The molecule has 1 atom stereocenters. The molecule has 6 heteroatoms. The fourth-order valence-corrected chi connectivity index (χ4v) is 4.58. The van der Waals surface area contributed by atoms with Crippen LogP contribution in [0.3, 0.4) is 0 Å². The largest absolute Gasteiger partial charge is 0.492 e. The van der Waals surface area contributed by atoms with Crippen molar-refractivity contribution < 1.29 is 17.9 Å². The summed E-state index contributed by atoms with van der Waals surface area (Å²) in [5.74, 6) is 0.735. The fraction of sp³-hybridized carbons (Fsp3) is 0.316. The van der Waals surface area contributed by atoms with Gasteiger partial charge >= 0.3 is 0 Å². The molecule has 0 saturated carbocycles. The van der Waals surface area contributed by atoms with Gasteiger partial charge < -0.3 is 10.1 Å². The van der Waals surface area contributed by atoms with E-state index in [9.17, 15) is 13.2 Å². The lowest BCUT2D eigenvalue weighted by Gasteiger charge is -2.13. The van der Waals surface area contributed by atoms with E-state index in [1.807, 2.05) is 54.6 Å². The van der Waals surface area contributed by atoms with Gasteiger partial charge in [-0.15, -0.1) is 0 Å². The number of sulfone groups is 1. The monoisotopic (exact) mass is 359 g/mol. The Hall–Kier alpha value is -2.34. The summed E-state index contributed by atoms with van der Waals surface area (Å²) in [6.45, 7) is 0.245. The molecule has 0 bridgehead atoms. The van der Waals surface area contributed by atoms with Crippen LogP contribution in [0.4, 0.5) is 0 Å². The van der Waals surface area contributed by atoms with Crippen LogP contribution in [-0.4, -0.2) is 38.5 Å². The zero-order chi connectivity index (χ0) is 17.7. The number of nitrogens with one attached hydrogen (secondary N) is 1. The molecule has 0 aromatic heterocycles. The number of ether oxygens (including phenoxy) is 1. The highest BCUT2D eigenvalue weighted by Crippen LogP contribution is 2.29. The van der Waals surface area contributed by atoms with Crippen molar-refractivity contribution in [2.75, 3.05) is 18.1 Å². The molecule has 132 valence electrons. The van der Waals surface area contributed by atoms with Crippen LogP contribution in [0.2, 0.25) is 0 Å². The van der Waals surface area contributed by atoms with Crippen LogP contribution in [0.15, 0.2) is 54.6 Å². The van der Waals surface area contributed by atoms with E-state index >= 15 is 0 Å². The lowest BCUT2D eigenvalue weighted by molar-refractivity contribution is -0.122. The number of hydrogen-bond acceptors (Lipinski definition) is 4. The van der Waals surface area contributed by atoms with E-state index in [1.165, 1.54) is 0 Å². The topological polar surface area (TPSA) is 72.5 Å². The molecule has 0 aliphatic carbocycles. The van der Waals surface area contributed by atoms with E-state index in [4.69, 9.17) is 4.74 Å². The Morgan fingerprint density at radius 1 is 1.08 bits per heavy atom. The number of amides is 1. The van der Waals surface area contributed by atoms with Crippen molar-refractivity contribution in [3.8, 4) is 16.9 Å². The maximum atomic E-state index is 12.0. The molecular weight excluding hydrogens is 338 g/mol. The van der Waals surface area contributed by atoms with Crippen molar-refractivity contribution >= 4 is 15.7 Å². The Balaban J connectivity index is 1.54. The fourth-order valence-electron chi connectivity index (χ4n) is 2.91. The van der Waals surface area contributed by atoms with Gasteiger partial charge in [-0.25, -0.2) is 8.42 Å². The molecule has 1 aliphatic heterocycles. The molecule has 25 heavy (non-hydrogen) atoms. The van der Waals surface area contributed by atoms with Crippen molar-refractivity contribution in [1.29, 1.82) is 0 Å². The highest BCUT2D eigenvalue weighted by molar-refractivity contribution is 7.91. The minimum absolute atomic E-state index is 0.0381. The third-order valence-corrected chi connectivity index (χ3v) is 5.92. The molecule has 0 spiro atoms. The Morgan fingerprint density at radius 3 is 2.52 bits per heavy atom. The first-order chi connectivity index (χ1) is 12.0. The van der Waals surface area contributed by atoms with E-state index < -0.39 is 9.84 Å². The quantitative estimate of drug-likeness (QED) is 0.860. The third-order valence-electron chi connectivity index (χ3n) is 4.16. The second-order valence-corrected chi connectivity index (χ2v) is 8.36. The molecule has 2 aromatic rings. The number of hydrogen-bond donors (Lipinski definition) is 1. The molecule has 1 saturated heterocycles. The summed E-state index contributed by atoms with van der Waals surface area (Å²) in [4.78, 5) is 12.0. The Bertz CT molecular complexity index is 834. The van der Waals surface area contributed by atoms with E-state index in [0.29, 0.717) is 6.42 Å². The van der Waals surface area contributed by atoms with Gasteiger partial charge in [0.2, 0.25) is 5.91 Å². The van der Waals surface area contributed by atoms with E-state index in [0.717, 1.165) is 16.9 Å². The van der Waals surface area contributed by atoms with E-state index in [1.54, 1.807) is 0 Å². The van der Waals surface area contributed by atoms with Gasteiger partial charge in [0, 0.05) is 11.6 Å². The average Bonchev–Trinajstić information content (AvgIpc) is 2.94. The smallest absolute Gasteiger partial charge is 0.223 e. The maximum absolute atomic E-state index is 12.0. The summed E-state index contributed by atoms with van der Waals surface area (Å²) in [5, 5.41) is 2.77. The first-order valence-electron chi connectivity index (χ1n) is 8.30. The molecule has 1 heterocycles. The van der Waals surface area contributed by atoms with Crippen molar-refractivity contribution in [2.45, 2.75) is 18.9 Å². The van der Waals surface area contributed by atoms with E-state index in [-0.39, 0.29) is 36.5 Å². The van der Waals surface area contributed by atoms with Crippen LogP contribution in [-0.2, 0) is 14.6 Å². The van der Waals surface area contributed by atoms with Crippen molar-refractivity contribution in [3.63, 3.8) is 0 Å². The van der Waals surface area contributed by atoms with Crippen LogP contribution in [0.5, 0.6) is 5.75 Å². The zero-order valence-corrected chi connectivity index (χ0v) is 14.7. The van der Waals surface area contributed by atoms with Crippen molar-refractivity contribution in [1.82, 2.24) is 5.32 Å². The Kier molecular flexibility index (Phi) is 5.38. The third kappa shape index (κ3) is 4.82. The van der Waals surface area contributed by atoms with Crippen LogP contribution >= 0.6 is 0 Å². The molecule has 1 aliphatic rings. The minimum Gasteiger partial charge on any atom is -0.492 e. The molecule has 3 rings (SSSR count). The average molecular weight is 359 g/mol. The van der Waals surface area contributed by atoms with Gasteiger partial charge in [-0.2, -0.15) is 0 Å². The zero-order valence-electron chi connectivity index (χ0n) is 13.9. The van der Waals surface area contributed by atoms with Gasteiger partial charge in [0.25, 0.3) is 0 Å². The summed E-state index contributed by atoms with van der Waals surface area (Å²) in [7, 11) is -2.99. The van der Waals surface area contributed by atoms with Crippen molar-refractivity contribution in [3.05, 3.63) is 54.6 Å². The second kappa shape index (κ2) is 7.70. The SMILES string of the molecule is O=C(CCOc1ccccc1-c1ccccc1)NC1CCS(=O)(=O)C1. The second-order valence-electron chi connectivity index (χ2n) is 6.13. The molecule has 0 radical (unpaired) electrons. The molecular formula is C19H21NO4S. The van der Waals surface area contributed by atoms with Gasteiger partial charge in [0.15, 0.2) is 9.84 Å². The predicted octanol–water partition coefficient (Wildman–Crippen LogP) is 2.43. The minimum atomic E-state index is -2.99. The normalized spacial score (nSPS) is 18.6. The molecule has 5 nitrogen and oxygen atoms in total. The molecule has 1 fully saturated rings. The molecule has 1 unspecified atom stereocenters. The van der Waals surface area contributed by atoms with Crippen molar-refractivity contribution in [2.24, 2.45) is 0 Å². The van der Waals surface area contributed by atoms with Crippen LogP contribution in [0.25, 0.3) is 11.1 Å². The molecule has 2 aromatic carbocycles. The summed E-state index contributed by atoms with van der Waals surface area (Å²) in [6.07, 6.45) is 0.686. The summed E-state index contributed by atoms with van der Waals surface area (Å²) in [5.41, 5.74) is 2.03. The number of carbonyl (C=O) groups is 1. The van der Waals surface area contributed by atoms with Gasteiger partial charge in [-0.1, -0.05) is 48.5 Å². The summed E-state index contributed by atoms with van der Waals surface area (Å²) < 4.78 is 28.6. The highest BCUT2D eigenvalue weighted by Gasteiger charge is 2.28. The highest BCUT2D eigenvalue weighted by atomic mass is 32.2. The number of carbonyl (C=O) groups excluding carboxylic acids is 1.